The largest absolute Gasteiger partial charge is 0.447 e. The Bertz CT molecular complexity index is 854. The molecule has 0 saturated carbocycles. The van der Waals surface area contributed by atoms with E-state index in [1.54, 1.807) is 0 Å². The number of carbonyl (C=O) groups excluding carboxylic acids is 1. The van der Waals surface area contributed by atoms with Gasteiger partial charge >= 0.3 is 0 Å². The molecule has 1 atom stereocenters. The van der Waals surface area contributed by atoms with Crippen molar-refractivity contribution in [2.24, 2.45) is 0 Å². The van der Waals surface area contributed by atoms with Crippen molar-refractivity contribution in [2.75, 3.05) is 10.6 Å². The zero-order valence-electron chi connectivity index (χ0n) is 15.2. The van der Waals surface area contributed by atoms with Gasteiger partial charge in [0.05, 0.1) is 0 Å². The summed E-state index contributed by atoms with van der Waals surface area (Å²) in [4.78, 5) is 16.4. The molecule has 0 fully saturated rings. The lowest BCUT2D eigenvalue weighted by Crippen LogP contribution is -2.14. The zero-order chi connectivity index (χ0) is 18.5. The van der Waals surface area contributed by atoms with Crippen LogP contribution in [-0.4, -0.2) is 10.9 Å². The van der Waals surface area contributed by atoms with E-state index in [0.29, 0.717) is 17.1 Å². The van der Waals surface area contributed by atoms with Crippen molar-refractivity contribution in [1.82, 2.24) is 4.98 Å². The molecule has 0 unspecified atom stereocenters. The molecule has 0 radical (unpaired) electrons. The maximum Gasteiger partial charge on any atom is 0.277 e. The molecular formula is C21H23N3O2. The van der Waals surface area contributed by atoms with E-state index in [-0.39, 0.29) is 17.9 Å². The topological polar surface area (TPSA) is 67.2 Å². The second-order valence-corrected chi connectivity index (χ2v) is 6.53. The summed E-state index contributed by atoms with van der Waals surface area (Å²) in [6, 6.07) is 18.1. The molecule has 1 heterocycles. The highest BCUT2D eigenvalue weighted by molar-refractivity contribution is 6.03. The highest BCUT2D eigenvalue weighted by Crippen LogP contribution is 2.22. The van der Waals surface area contributed by atoms with Gasteiger partial charge in [-0.05, 0) is 36.8 Å². The number of aromatic nitrogens is 1. The van der Waals surface area contributed by atoms with Gasteiger partial charge in [-0.25, -0.2) is 4.98 Å². The van der Waals surface area contributed by atoms with Crippen LogP contribution in [0.25, 0.3) is 0 Å². The maximum atomic E-state index is 12.4. The summed E-state index contributed by atoms with van der Waals surface area (Å²) in [6.07, 6.45) is 1.31. The molecule has 0 bridgehead atoms. The van der Waals surface area contributed by atoms with E-state index in [0.717, 1.165) is 5.69 Å². The van der Waals surface area contributed by atoms with Crippen molar-refractivity contribution in [3.63, 3.8) is 0 Å². The van der Waals surface area contributed by atoms with Crippen molar-refractivity contribution < 1.29 is 9.21 Å². The molecule has 26 heavy (non-hydrogen) atoms. The van der Waals surface area contributed by atoms with E-state index in [1.807, 2.05) is 56.3 Å². The molecule has 2 aromatic carbocycles. The zero-order valence-corrected chi connectivity index (χ0v) is 15.2. The fourth-order valence-corrected chi connectivity index (χ4v) is 2.75. The van der Waals surface area contributed by atoms with Crippen LogP contribution in [0, 0.1) is 0 Å². The average molecular weight is 349 g/mol. The summed E-state index contributed by atoms with van der Waals surface area (Å²) < 4.78 is 5.31. The van der Waals surface area contributed by atoms with Gasteiger partial charge < -0.3 is 15.1 Å². The van der Waals surface area contributed by atoms with Crippen molar-refractivity contribution in [2.45, 2.75) is 32.7 Å². The standard InChI is InChI=1S/C21H23N3O2/c1-14(2)20-19(22-13-26-20)21(25)24-18-11-9-17(10-12-18)23-15(3)16-7-5-4-6-8-16/h4-15,23H,1-3H3,(H,24,25)/t15-/m0/s1. The molecule has 5 heteroatoms. The van der Waals surface area contributed by atoms with Crippen LogP contribution < -0.4 is 10.6 Å². The molecule has 2 N–H and O–H groups in total. The molecular weight excluding hydrogens is 326 g/mol. The van der Waals surface area contributed by atoms with Gasteiger partial charge in [-0.2, -0.15) is 0 Å². The Morgan fingerprint density at radius 1 is 0.962 bits per heavy atom. The number of nitrogens with zero attached hydrogens (tertiary/aromatic N) is 1. The third-order valence-corrected chi connectivity index (χ3v) is 4.16. The normalized spacial score (nSPS) is 12.0. The second kappa shape index (κ2) is 7.87. The van der Waals surface area contributed by atoms with Crippen molar-refractivity contribution >= 4 is 17.3 Å². The van der Waals surface area contributed by atoms with Crippen LogP contribution in [-0.2, 0) is 0 Å². The number of nitrogens with one attached hydrogen (secondary N) is 2. The highest BCUT2D eigenvalue weighted by Gasteiger charge is 2.19. The number of hydrogen-bond donors (Lipinski definition) is 2. The summed E-state index contributed by atoms with van der Waals surface area (Å²) in [5, 5.41) is 6.31. The van der Waals surface area contributed by atoms with Gasteiger partial charge in [0.25, 0.3) is 5.91 Å². The first kappa shape index (κ1) is 17.7. The molecule has 1 aromatic heterocycles. The van der Waals surface area contributed by atoms with Crippen LogP contribution in [0.2, 0.25) is 0 Å². The van der Waals surface area contributed by atoms with Gasteiger partial charge in [-0.3, -0.25) is 4.79 Å². The van der Waals surface area contributed by atoms with E-state index < -0.39 is 0 Å². The summed E-state index contributed by atoms with van der Waals surface area (Å²) in [5.74, 6) is 0.433. The lowest BCUT2D eigenvalue weighted by atomic mass is 10.1. The van der Waals surface area contributed by atoms with Crippen LogP contribution in [0.15, 0.2) is 65.4 Å². The molecule has 0 aliphatic rings. The summed E-state index contributed by atoms with van der Waals surface area (Å²) >= 11 is 0. The van der Waals surface area contributed by atoms with Crippen molar-refractivity contribution in [3.05, 3.63) is 78.0 Å². The van der Waals surface area contributed by atoms with E-state index in [4.69, 9.17) is 4.42 Å². The Balaban J connectivity index is 1.64. The molecule has 3 aromatic rings. The predicted molar refractivity (Wildman–Crippen MR) is 103 cm³/mol. The first-order valence-electron chi connectivity index (χ1n) is 8.71. The number of rotatable bonds is 6. The Morgan fingerprint density at radius 3 is 2.27 bits per heavy atom. The van der Waals surface area contributed by atoms with Gasteiger partial charge in [0, 0.05) is 23.3 Å². The minimum atomic E-state index is -0.263. The number of amides is 1. The van der Waals surface area contributed by atoms with Crippen LogP contribution in [0.1, 0.15) is 54.5 Å². The average Bonchev–Trinajstić information content (AvgIpc) is 3.14. The van der Waals surface area contributed by atoms with Crippen molar-refractivity contribution in [3.8, 4) is 0 Å². The van der Waals surface area contributed by atoms with Gasteiger partial charge in [0.2, 0.25) is 0 Å². The minimum absolute atomic E-state index is 0.101. The Kier molecular flexibility index (Phi) is 5.37. The summed E-state index contributed by atoms with van der Waals surface area (Å²) in [7, 11) is 0. The molecule has 0 aliphatic heterocycles. The smallest absolute Gasteiger partial charge is 0.277 e. The monoisotopic (exact) mass is 349 g/mol. The van der Waals surface area contributed by atoms with E-state index in [2.05, 4.69) is 34.7 Å². The Labute approximate surface area is 153 Å². The van der Waals surface area contributed by atoms with Gasteiger partial charge in [-0.15, -0.1) is 0 Å². The Morgan fingerprint density at radius 2 is 1.62 bits per heavy atom. The third-order valence-electron chi connectivity index (χ3n) is 4.16. The lowest BCUT2D eigenvalue weighted by molar-refractivity contribution is 0.102. The van der Waals surface area contributed by atoms with Gasteiger partial charge in [-0.1, -0.05) is 44.2 Å². The quantitative estimate of drug-likeness (QED) is 0.640. The highest BCUT2D eigenvalue weighted by atomic mass is 16.3. The van der Waals surface area contributed by atoms with E-state index in [9.17, 15) is 4.79 Å². The molecule has 3 rings (SSSR count). The predicted octanol–water partition coefficient (Wildman–Crippen LogP) is 5.22. The summed E-state index contributed by atoms with van der Waals surface area (Å²) in [6.45, 7) is 6.04. The molecule has 134 valence electrons. The fraction of sp³-hybridized carbons (Fsp3) is 0.238. The molecule has 0 aliphatic carbocycles. The first-order valence-corrected chi connectivity index (χ1v) is 8.71. The molecule has 0 spiro atoms. The van der Waals surface area contributed by atoms with E-state index in [1.165, 1.54) is 12.0 Å². The number of benzene rings is 2. The van der Waals surface area contributed by atoms with Crippen molar-refractivity contribution in [1.29, 1.82) is 0 Å². The van der Waals surface area contributed by atoms with Crippen LogP contribution >= 0.6 is 0 Å². The lowest BCUT2D eigenvalue weighted by Gasteiger charge is -2.16. The van der Waals surface area contributed by atoms with Gasteiger partial charge in [0.1, 0.15) is 5.76 Å². The summed E-state index contributed by atoms with van der Waals surface area (Å²) in [5.41, 5.74) is 3.26. The number of oxazole rings is 1. The SMILES string of the molecule is CC(C)c1ocnc1C(=O)Nc1ccc(N[C@@H](C)c2ccccc2)cc1. The second-order valence-electron chi connectivity index (χ2n) is 6.53. The molecule has 1 amide bonds. The maximum absolute atomic E-state index is 12.4. The van der Waals surface area contributed by atoms with E-state index >= 15 is 0 Å². The minimum Gasteiger partial charge on any atom is -0.447 e. The first-order chi connectivity index (χ1) is 12.5. The molecule has 0 saturated heterocycles. The third kappa shape index (κ3) is 4.11. The fourth-order valence-electron chi connectivity index (χ4n) is 2.75. The van der Waals surface area contributed by atoms with Crippen LogP contribution in [0.5, 0.6) is 0 Å². The van der Waals surface area contributed by atoms with Crippen LogP contribution in [0.4, 0.5) is 11.4 Å². The number of carbonyl (C=O) groups is 1. The number of hydrogen-bond acceptors (Lipinski definition) is 4. The number of anilines is 2. The Hall–Kier alpha value is -3.08. The van der Waals surface area contributed by atoms with Gasteiger partial charge in [0.15, 0.2) is 12.1 Å². The molecule has 5 nitrogen and oxygen atoms in total. The van der Waals surface area contributed by atoms with Crippen LogP contribution in [0.3, 0.4) is 0 Å².